The van der Waals surface area contributed by atoms with E-state index < -0.39 is 0 Å². The van der Waals surface area contributed by atoms with E-state index in [2.05, 4.69) is 29.7 Å². The second kappa shape index (κ2) is 8.24. The van der Waals surface area contributed by atoms with E-state index >= 15 is 0 Å². The van der Waals surface area contributed by atoms with E-state index in [4.69, 9.17) is 26.3 Å². The molecule has 4 aromatic rings. The second-order valence-electron chi connectivity index (χ2n) is 8.30. The van der Waals surface area contributed by atoms with Gasteiger partial charge in [-0.3, -0.25) is 0 Å². The number of halogens is 1. The molecule has 9 nitrogen and oxygen atoms in total. The number of rotatable bonds is 3. The highest BCUT2D eigenvalue weighted by molar-refractivity contribution is 6.31. The molecule has 2 aliphatic rings. The fourth-order valence-corrected chi connectivity index (χ4v) is 4.90. The topological polar surface area (TPSA) is 96.0 Å². The molecule has 1 unspecified atom stereocenters. The Morgan fingerprint density at radius 1 is 1.03 bits per heavy atom. The number of fused-ring (bicyclic) bond motifs is 3. The van der Waals surface area contributed by atoms with Gasteiger partial charge in [0.25, 0.3) is 0 Å². The molecule has 168 valence electrons. The Morgan fingerprint density at radius 2 is 1.85 bits per heavy atom. The minimum Gasteiger partial charge on any atom is -0.378 e. The third-order valence-electron chi connectivity index (χ3n) is 6.29. The first-order valence-corrected chi connectivity index (χ1v) is 11.4. The van der Waals surface area contributed by atoms with E-state index in [9.17, 15) is 0 Å². The molecule has 5 heterocycles. The third kappa shape index (κ3) is 3.67. The molecule has 3 aromatic heterocycles. The zero-order chi connectivity index (χ0) is 22.4. The molecular weight excluding hydrogens is 440 g/mol. The third-order valence-corrected chi connectivity index (χ3v) is 6.53. The van der Waals surface area contributed by atoms with Crippen molar-refractivity contribution in [3.05, 3.63) is 64.6 Å². The summed E-state index contributed by atoms with van der Waals surface area (Å²) in [5.41, 5.74) is 4.40. The number of hydrogen-bond donors (Lipinski definition) is 1. The summed E-state index contributed by atoms with van der Waals surface area (Å²) in [4.78, 5) is 30.7. The number of nitrogens with one attached hydrogen (secondary N) is 1. The van der Waals surface area contributed by atoms with E-state index in [0.717, 1.165) is 59.2 Å². The van der Waals surface area contributed by atoms with Crippen molar-refractivity contribution in [3.8, 4) is 0 Å². The normalized spacial score (nSPS) is 18.5. The van der Waals surface area contributed by atoms with Crippen LogP contribution >= 0.6 is 11.6 Å². The van der Waals surface area contributed by atoms with Crippen molar-refractivity contribution in [1.29, 1.82) is 0 Å². The number of morpholine rings is 1. The Kier molecular flexibility index (Phi) is 5.07. The molecule has 0 bridgehead atoms. The number of aromatic nitrogens is 6. The van der Waals surface area contributed by atoms with E-state index in [0.29, 0.717) is 25.0 Å². The number of aromatic amines is 1. The minimum absolute atomic E-state index is 0.152. The van der Waals surface area contributed by atoms with Gasteiger partial charge in [0.2, 0.25) is 11.9 Å². The SMILES string of the molecule is Cc1ncnc(N2CCc3c([nH]c4ccc(Cl)cc34)C2c2cnc(N3CCOCC3)nc2)n1. The Morgan fingerprint density at radius 3 is 2.64 bits per heavy atom. The van der Waals surface area contributed by atoms with Gasteiger partial charge in [-0.05, 0) is 37.1 Å². The summed E-state index contributed by atoms with van der Waals surface area (Å²) < 4.78 is 5.45. The predicted molar refractivity (Wildman–Crippen MR) is 126 cm³/mol. The molecule has 2 aliphatic heterocycles. The van der Waals surface area contributed by atoms with Crippen molar-refractivity contribution in [2.45, 2.75) is 19.4 Å². The highest BCUT2D eigenvalue weighted by atomic mass is 35.5. The Balaban J connectivity index is 1.45. The maximum Gasteiger partial charge on any atom is 0.229 e. The van der Waals surface area contributed by atoms with Crippen LogP contribution in [0.15, 0.2) is 36.9 Å². The van der Waals surface area contributed by atoms with Crippen LogP contribution in [-0.2, 0) is 11.2 Å². The summed E-state index contributed by atoms with van der Waals surface area (Å²) >= 11 is 6.32. The van der Waals surface area contributed by atoms with Gasteiger partial charge >= 0.3 is 0 Å². The Labute approximate surface area is 195 Å². The average molecular weight is 463 g/mol. The van der Waals surface area contributed by atoms with Crippen molar-refractivity contribution in [3.63, 3.8) is 0 Å². The summed E-state index contributed by atoms with van der Waals surface area (Å²) in [7, 11) is 0. The molecule has 33 heavy (non-hydrogen) atoms. The van der Waals surface area contributed by atoms with Crippen molar-refractivity contribution < 1.29 is 4.74 Å². The first-order valence-electron chi connectivity index (χ1n) is 11.0. The predicted octanol–water partition coefficient (Wildman–Crippen LogP) is 3.09. The fourth-order valence-electron chi connectivity index (χ4n) is 4.73. The maximum absolute atomic E-state index is 6.32. The molecule has 1 fully saturated rings. The van der Waals surface area contributed by atoms with Gasteiger partial charge < -0.3 is 19.5 Å². The van der Waals surface area contributed by atoms with Crippen LogP contribution in [0.25, 0.3) is 10.9 Å². The minimum atomic E-state index is -0.152. The van der Waals surface area contributed by atoms with Crippen molar-refractivity contribution >= 4 is 34.4 Å². The summed E-state index contributed by atoms with van der Waals surface area (Å²) in [5, 5.41) is 1.88. The fraction of sp³-hybridized carbons (Fsp3) is 0.348. The zero-order valence-electron chi connectivity index (χ0n) is 18.2. The largest absolute Gasteiger partial charge is 0.378 e. The quantitative estimate of drug-likeness (QED) is 0.496. The lowest BCUT2D eigenvalue weighted by atomic mass is 9.94. The number of hydrogen-bond acceptors (Lipinski definition) is 8. The molecule has 6 rings (SSSR count). The van der Waals surface area contributed by atoms with Gasteiger partial charge in [-0.2, -0.15) is 4.98 Å². The molecule has 1 saturated heterocycles. The van der Waals surface area contributed by atoms with Crippen molar-refractivity contribution in [1.82, 2.24) is 29.9 Å². The maximum atomic E-state index is 6.32. The van der Waals surface area contributed by atoms with Crippen LogP contribution in [-0.4, -0.2) is 62.8 Å². The van der Waals surface area contributed by atoms with E-state index in [1.54, 1.807) is 6.33 Å². The van der Waals surface area contributed by atoms with Crippen LogP contribution in [0.5, 0.6) is 0 Å². The monoisotopic (exact) mass is 462 g/mol. The molecule has 0 amide bonds. The lowest BCUT2D eigenvalue weighted by Crippen LogP contribution is -2.38. The molecule has 0 radical (unpaired) electrons. The van der Waals surface area contributed by atoms with Gasteiger partial charge in [0, 0.05) is 59.2 Å². The number of anilines is 2. The molecule has 10 heteroatoms. The molecule has 0 saturated carbocycles. The molecular formula is C23H23ClN8O. The number of nitrogens with zero attached hydrogens (tertiary/aromatic N) is 7. The van der Waals surface area contributed by atoms with Crippen LogP contribution in [0.1, 0.15) is 28.7 Å². The van der Waals surface area contributed by atoms with Gasteiger partial charge in [-0.15, -0.1) is 0 Å². The van der Waals surface area contributed by atoms with Crippen molar-refractivity contribution in [2.24, 2.45) is 0 Å². The van der Waals surface area contributed by atoms with Gasteiger partial charge in [0.05, 0.1) is 13.2 Å². The molecule has 1 N–H and O–H groups in total. The van der Waals surface area contributed by atoms with Gasteiger partial charge in [-0.25, -0.2) is 19.9 Å². The lowest BCUT2D eigenvalue weighted by molar-refractivity contribution is 0.122. The first-order chi connectivity index (χ1) is 16.2. The van der Waals surface area contributed by atoms with Gasteiger partial charge in [0.15, 0.2) is 0 Å². The smallest absolute Gasteiger partial charge is 0.229 e. The molecule has 0 aliphatic carbocycles. The molecule has 0 spiro atoms. The first kappa shape index (κ1) is 20.3. The highest BCUT2D eigenvalue weighted by Crippen LogP contribution is 2.40. The number of benzene rings is 1. The average Bonchev–Trinajstić information content (AvgIpc) is 3.22. The van der Waals surface area contributed by atoms with Crippen LogP contribution in [0.2, 0.25) is 5.02 Å². The number of H-pyrrole nitrogens is 1. The molecule has 1 aromatic carbocycles. The van der Waals surface area contributed by atoms with Crippen LogP contribution in [0.4, 0.5) is 11.9 Å². The van der Waals surface area contributed by atoms with E-state index in [-0.39, 0.29) is 6.04 Å². The van der Waals surface area contributed by atoms with E-state index in [1.807, 2.05) is 37.5 Å². The second-order valence-corrected chi connectivity index (χ2v) is 8.74. The lowest BCUT2D eigenvalue weighted by Gasteiger charge is -2.36. The Hall–Kier alpha value is -3.30. The standard InChI is InChI=1S/C23H23ClN8O/c1-14-27-13-28-23(29-14)32-5-4-17-18-10-16(24)2-3-19(18)30-20(17)21(32)15-11-25-22(26-12-15)31-6-8-33-9-7-31/h2-3,10-13,21,30H,4-9H2,1H3. The number of aryl methyl sites for hydroxylation is 1. The Bertz CT molecular complexity index is 1300. The summed E-state index contributed by atoms with van der Waals surface area (Å²) in [6.45, 7) is 5.62. The highest BCUT2D eigenvalue weighted by Gasteiger charge is 2.34. The molecule has 1 atom stereocenters. The zero-order valence-corrected chi connectivity index (χ0v) is 19.0. The summed E-state index contributed by atoms with van der Waals surface area (Å²) in [5.74, 6) is 2.06. The number of ether oxygens (including phenoxy) is 1. The van der Waals surface area contributed by atoms with E-state index in [1.165, 1.54) is 5.56 Å². The van der Waals surface area contributed by atoms with Crippen LogP contribution < -0.4 is 9.80 Å². The van der Waals surface area contributed by atoms with Crippen LogP contribution in [0, 0.1) is 6.92 Å². The summed E-state index contributed by atoms with van der Waals surface area (Å²) in [6.07, 6.45) is 6.24. The van der Waals surface area contributed by atoms with Gasteiger partial charge in [-0.1, -0.05) is 11.6 Å². The summed E-state index contributed by atoms with van der Waals surface area (Å²) in [6, 6.07) is 5.82. The van der Waals surface area contributed by atoms with Gasteiger partial charge in [0.1, 0.15) is 18.2 Å². The van der Waals surface area contributed by atoms with Crippen molar-refractivity contribution in [2.75, 3.05) is 42.6 Å². The van der Waals surface area contributed by atoms with Crippen LogP contribution in [0.3, 0.4) is 0 Å².